The van der Waals surface area contributed by atoms with Crippen molar-refractivity contribution in [1.29, 1.82) is 0 Å². The quantitative estimate of drug-likeness (QED) is 0.448. The van der Waals surface area contributed by atoms with Crippen molar-refractivity contribution in [3.8, 4) is 5.75 Å². The molecule has 0 N–H and O–H groups in total. The summed E-state index contributed by atoms with van der Waals surface area (Å²) in [7, 11) is -1.41. The molecule has 0 aliphatic heterocycles. The van der Waals surface area contributed by atoms with Crippen molar-refractivity contribution in [2.45, 2.75) is 33.0 Å². The average Bonchev–Trinajstić information content (AvgIpc) is 2.87. The Morgan fingerprint density at radius 1 is 1.10 bits per heavy atom. The van der Waals surface area contributed by atoms with Crippen LogP contribution in [0.3, 0.4) is 0 Å². The molecule has 0 fully saturated rings. The predicted octanol–water partition coefficient (Wildman–Crippen LogP) is -1.41. The molecule has 0 aromatic heterocycles. The van der Waals surface area contributed by atoms with Gasteiger partial charge >= 0.3 is 26.2 Å². The van der Waals surface area contributed by atoms with Crippen LogP contribution in [0, 0.1) is 0 Å². The van der Waals surface area contributed by atoms with Crippen LogP contribution in [-0.2, 0) is 32.6 Å². The standard InChI is InChI=1S/C10H17OSi.C5H5.2ClH.Zr/c1-5-9-7-6-8-10(9)11-12(2,3)4;1-2-4-5-3-1;;;/h6-8H,5H2,1-4H3;1-5H;2*1H;/q2*-1;;;+4/p-2. The Labute approximate surface area is 155 Å². The van der Waals surface area contributed by atoms with Gasteiger partial charge in [-0.1, -0.05) is 13.3 Å². The van der Waals surface area contributed by atoms with E-state index in [0.29, 0.717) is 0 Å². The first-order chi connectivity index (χ1) is 8.03. The van der Waals surface area contributed by atoms with Gasteiger partial charge in [0, 0.05) is 0 Å². The van der Waals surface area contributed by atoms with Crippen molar-refractivity contribution in [2.24, 2.45) is 0 Å². The summed E-state index contributed by atoms with van der Waals surface area (Å²) < 4.78 is 5.90. The summed E-state index contributed by atoms with van der Waals surface area (Å²) in [6, 6.07) is 16.3. The largest absolute Gasteiger partial charge is 4.00 e. The number of aryl methyl sites for hydroxylation is 1. The van der Waals surface area contributed by atoms with Crippen molar-refractivity contribution in [1.82, 2.24) is 0 Å². The van der Waals surface area contributed by atoms with Crippen molar-refractivity contribution in [3.63, 3.8) is 0 Å². The third kappa shape index (κ3) is 10.9. The van der Waals surface area contributed by atoms with E-state index in [-0.39, 0.29) is 51.0 Å². The Kier molecular flexibility index (Phi) is 16.2. The van der Waals surface area contributed by atoms with E-state index in [1.807, 2.05) is 30.3 Å². The van der Waals surface area contributed by atoms with Gasteiger partial charge in [0.05, 0.1) is 0 Å². The fourth-order valence-corrected chi connectivity index (χ4v) is 2.34. The van der Waals surface area contributed by atoms with Crippen molar-refractivity contribution < 1.29 is 55.4 Å². The van der Waals surface area contributed by atoms with Crippen LogP contribution < -0.4 is 29.2 Å². The first-order valence-electron chi connectivity index (χ1n) is 6.13. The molecule has 0 saturated heterocycles. The molecule has 0 atom stereocenters. The molecule has 0 spiro atoms. The number of hydrogen-bond donors (Lipinski definition) is 0. The number of halogens is 2. The summed E-state index contributed by atoms with van der Waals surface area (Å²) in [4.78, 5) is 0. The van der Waals surface area contributed by atoms with E-state index in [9.17, 15) is 0 Å². The molecule has 2 aromatic rings. The molecule has 5 heteroatoms. The number of hydrogen-bond acceptors (Lipinski definition) is 1. The van der Waals surface area contributed by atoms with Gasteiger partial charge in [-0.3, -0.25) is 0 Å². The Morgan fingerprint density at radius 3 is 2.00 bits per heavy atom. The fraction of sp³-hybridized carbons (Fsp3) is 0.333. The second-order valence-corrected chi connectivity index (χ2v) is 9.37. The molecular formula is C15H22Cl2OSiZr. The Bertz CT molecular complexity index is 390. The topological polar surface area (TPSA) is 9.23 Å². The first kappa shape index (κ1) is 25.2. The van der Waals surface area contributed by atoms with Crippen LogP contribution in [0.25, 0.3) is 0 Å². The molecule has 0 aliphatic rings. The van der Waals surface area contributed by atoms with Gasteiger partial charge in [0.2, 0.25) is 8.32 Å². The molecule has 0 heterocycles. The summed E-state index contributed by atoms with van der Waals surface area (Å²) in [6.07, 6.45) is 1.06. The Balaban J connectivity index is -0.000000312. The van der Waals surface area contributed by atoms with E-state index in [4.69, 9.17) is 4.43 Å². The molecule has 0 radical (unpaired) electrons. The zero-order chi connectivity index (χ0) is 12.7. The van der Waals surface area contributed by atoms with E-state index in [1.54, 1.807) is 0 Å². The zero-order valence-electron chi connectivity index (χ0n) is 12.5. The average molecular weight is 409 g/mol. The second kappa shape index (κ2) is 12.9. The van der Waals surface area contributed by atoms with Gasteiger partial charge < -0.3 is 29.2 Å². The summed E-state index contributed by atoms with van der Waals surface area (Å²) in [5.41, 5.74) is 1.33. The normalized spacial score (nSPS) is 9.00. The van der Waals surface area contributed by atoms with Gasteiger partial charge in [-0.15, -0.1) is 5.56 Å². The summed E-state index contributed by atoms with van der Waals surface area (Å²) in [5, 5.41) is 0. The van der Waals surface area contributed by atoms with Crippen LogP contribution >= 0.6 is 0 Å². The van der Waals surface area contributed by atoms with Gasteiger partial charge in [0.1, 0.15) is 0 Å². The predicted molar refractivity (Wildman–Crippen MR) is 77.4 cm³/mol. The SMILES string of the molecule is CC[c-]1cccc1O[Si](C)(C)C.[Cl-].[Cl-].[Zr+4].c1cc[cH-]c1. The van der Waals surface area contributed by atoms with E-state index >= 15 is 0 Å². The van der Waals surface area contributed by atoms with Gasteiger partial charge in [0.25, 0.3) is 0 Å². The summed E-state index contributed by atoms with van der Waals surface area (Å²) >= 11 is 0. The van der Waals surface area contributed by atoms with Crippen LogP contribution in [0.15, 0.2) is 48.5 Å². The van der Waals surface area contributed by atoms with Gasteiger partial charge in [-0.25, -0.2) is 18.2 Å². The molecule has 0 amide bonds. The fourth-order valence-electron chi connectivity index (χ4n) is 1.48. The molecule has 20 heavy (non-hydrogen) atoms. The summed E-state index contributed by atoms with van der Waals surface area (Å²) in [5.74, 6) is 1.09. The Morgan fingerprint density at radius 2 is 1.65 bits per heavy atom. The molecule has 110 valence electrons. The molecule has 2 aromatic carbocycles. The van der Waals surface area contributed by atoms with Crippen LogP contribution in [0.2, 0.25) is 19.6 Å². The van der Waals surface area contributed by atoms with Crippen molar-refractivity contribution >= 4 is 8.32 Å². The van der Waals surface area contributed by atoms with Gasteiger partial charge in [-0.05, 0) is 25.4 Å². The molecular weight excluding hydrogens is 386 g/mol. The van der Waals surface area contributed by atoms with Crippen LogP contribution in [0.5, 0.6) is 5.75 Å². The maximum atomic E-state index is 5.90. The van der Waals surface area contributed by atoms with E-state index in [0.717, 1.165) is 12.2 Å². The smallest absolute Gasteiger partial charge is 1.00 e. The molecule has 0 unspecified atom stereocenters. The van der Waals surface area contributed by atoms with Gasteiger partial charge in [-0.2, -0.15) is 30.3 Å². The molecule has 1 nitrogen and oxygen atoms in total. The van der Waals surface area contributed by atoms with Crippen LogP contribution in [-0.4, -0.2) is 8.32 Å². The molecule has 0 saturated carbocycles. The van der Waals surface area contributed by atoms with E-state index in [1.165, 1.54) is 5.56 Å². The Hall–Kier alpha value is 0.180. The minimum Gasteiger partial charge on any atom is -1.00 e. The summed E-state index contributed by atoms with van der Waals surface area (Å²) in [6.45, 7) is 8.78. The zero-order valence-corrected chi connectivity index (χ0v) is 17.5. The van der Waals surface area contributed by atoms with Crippen molar-refractivity contribution in [2.75, 3.05) is 0 Å². The van der Waals surface area contributed by atoms with Crippen LogP contribution in [0.1, 0.15) is 12.5 Å². The third-order valence-electron chi connectivity index (χ3n) is 2.21. The maximum absolute atomic E-state index is 5.90. The number of rotatable bonds is 3. The van der Waals surface area contributed by atoms with Crippen LogP contribution in [0.4, 0.5) is 0 Å². The minimum absolute atomic E-state index is 0. The molecule has 0 aliphatic carbocycles. The van der Waals surface area contributed by atoms with E-state index < -0.39 is 8.32 Å². The van der Waals surface area contributed by atoms with Gasteiger partial charge in [0.15, 0.2) is 0 Å². The molecule has 2 rings (SSSR count). The minimum atomic E-state index is -1.41. The maximum Gasteiger partial charge on any atom is 4.00 e. The molecule has 0 bridgehead atoms. The third-order valence-corrected chi connectivity index (χ3v) is 3.05. The second-order valence-electron chi connectivity index (χ2n) is 4.95. The monoisotopic (exact) mass is 406 g/mol. The van der Waals surface area contributed by atoms with Crippen molar-refractivity contribution in [3.05, 3.63) is 54.1 Å². The van der Waals surface area contributed by atoms with E-state index in [2.05, 4.69) is 44.8 Å². The first-order valence-corrected chi connectivity index (χ1v) is 9.54.